The standard InChI is InChI=1S/C79H53N3/c1-4-21-52(22-5-1)54-41-43-55(44-42-54)58-27-19-31-61(46-58)81-73-37-14-10-33-63(73)67-48-65-66-49-68-64-34-11-15-38-74(64)82(62-32-20-28-59(47-62)57-26-18-25-56(45-57)53-23-6-2-7-24-53)78(68)51-72(66)79(71(65)50-77(67)81)69-35-12-16-39-75(69)80(60-29-8-3-9-30-60)76-40-17-13-36-70(76)79/h1-47,49-51,65H,48H2. The van der Waals surface area contributed by atoms with Gasteiger partial charge in [-0.2, -0.15) is 0 Å². The molecule has 0 fully saturated rings. The smallest absolute Gasteiger partial charge is 0.0715 e. The molecule has 0 amide bonds. The zero-order chi connectivity index (χ0) is 53.9. The molecule has 1 unspecified atom stereocenters. The molecule has 2 aromatic heterocycles. The second-order valence-electron chi connectivity index (χ2n) is 22.3. The molecule has 3 heteroatoms. The Labute approximate surface area is 477 Å². The van der Waals surface area contributed by atoms with Crippen molar-refractivity contribution < 1.29 is 0 Å². The van der Waals surface area contributed by atoms with Crippen molar-refractivity contribution in [2.45, 2.75) is 17.8 Å². The third-order valence-electron chi connectivity index (χ3n) is 18.1. The summed E-state index contributed by atoms with van der Waals surface area (Å²) in [7, 11) is 0. The number of fused-ring (bicyclic) bond motifs is 15. The van der Waals surface area contributed by atoms with Gasteiger partial charge in [0.25, 0.3) is 0 Å². The van der Waals surface area contributed by atoms with E-state index in [1.165, 1.54) is 128 Å². The molecule has 14 aromatic rings. The van der Waals surface area contributed by atoms with Crippen molar-refractivity contribution in [3.8, 4) is 55.9 Å². The van der Waals surface area contributed by atoms with E-state index in [2.05, 4.69) is 317 Å². The van der Waals surface area contributed by atoms with Gasteiger partial charge in [-0.25, -0.2) is 0 Å². The average Bonchev–Trinajstić information content (AvgIpc) is 1.79. The number of allylic oxidation sites excluding steroid dienone is 1. The fourth-order valence-corrected chi connectivity index (χ4v) is 14.6. The van der Waals surface area contributed by atoms with E-state index < -0.39 is 5.41 Å². The van der Waals surface area contributed by atoms with Gasteiger partial charge in [0, 0.05) is 39.1 Å². The molecule has 2 aliphatic carbocycles. The predicted octanol–water partition coefficient (Wildman–Crippen LogP) is 20.3. The highest BCUT2D eigenvalue weighted by molar-refractivity contribution is 6.11. The molecule has 0 radical (unpaired) electrons. The van der Waals surface area contributed by atoms with Gasteiger partial charge in [-0.15, -0.1) is 0 Å². The van der Waals surface area contributed by atoms with E-state index in [9.17, 15) is 0 Å². The number of benzene rings is 12. The Bertz CT molecular complexity index is 4840. The summed E-state index contributed by atoms with van der Waals surface area (Å²) in [5, 5.41) is 3.83. The first-order valence-electron chi connectivity index (χ1n) is 28.7. The summed E-state index contributed by atoms with van der Waals surface area (Å²) in [6, 6.07) is 111. The summed E-state index contributed by atoms with van der Waals surface area (Å²) in [6.07, 6.45) is 3.51. The number of rotatable bonds is 7. The van der Waals surface area contributed by atoms with E-state index in [-0.39, 0.29) is 5.92 Å². The molecule has 3 aliphatic rings. The van der Waals surface area contributed by atoms with Crippen molar-refractivity contribution in [3.05, 3.63) is 336 Å². The van der Waals surface area contributed by atoms with Crippen LogP contribution in [0.3, 0.4) is 0 Å². The SMILES string of the molecule is C1=C2C(Cc3c1n(-c1cccc(-c4ccc(-c5ccccc5)cc4)c1)c1ccccc31)c1cc3c4ccccc4n(-c4cccc(-c5cccc(-c6ccccc6)c5)c4)c3cc1C21c2ccccc2N(c2ccccc2)c2ccccc21. The second kappa shape index (κ2) is 18.3. The number of para-hydroxylation sites is 5. The number of anilines is 3. The number of hydrogen-bond acceptors (Lipinski definition) is 1. The van der Waals surface area contributed by atoms with Gasteiger partial charge in [0.05, 0.1) is 39.0 Å². The number of nitrogens with zero attached hydrogens (tertiary/aromatic N) is 3. The summed E-state index contributed by atoms with van der Waals surface area (Å²) in [5.41, 5.74) is 27.8. The Kier molecular flexibility index (Phi) is 10.4. The van der Waals surface area contributed by atoms with Crippen molar-refractivity contribution >= 4 is 55.8 Å². The van der Waals surface area contributed by atoms with E-state index in [1.807, 2.05) is 0 Å². The van der Waals surface area contributed by atoms with Crippen molar-refractivity contribution in [1.82, 2.24) is 9.13 Å². The minimum Gasteiger partial charge on any atom is -0.310 e. The lowest BCUT2D eigenvalue weighted by Gasteiger charge is -2.46. The van der Waals surface area contributed by atoms with Crippen molar-refractivity contribution in [2.75, 3.05) is 4.90 Å². The molecule has 82 heavy (non-hydrogen) atoms. The lowest BCUT2D eigenvalue weighted by atomic mass is 9.63. The molecule has 17 rings (SSSR count). The van der Waals surface area contributed by atoms with E-state index >= 15 is 0 Å². The molecule has 3 nitrogen and oxygen atoms in total. The van der Waals surface area contributed by atoms with Crippen molar-refractivity contribution in [3.63, 3.8) is 0 Å². The Hall–Kier alpha value is -10.5. The molecule has 12 aromatic carbocycles. The van der Waals surface area contributed by atoms with Crippen LogP contribution in [-0.2, 0) is 11.8 Å². The fraction of sp³-hybridized carbons (Fsp3) is 0.0380. The Morgan fingerprint density at radius 2 is 0.756 bits per heavy atom. The summed E-state index contributed by atoms with van der Waals surface area (Å²) < 4.78 is 5.10. The van der Waals surface area contributed by atoms with Gasteiger partial charge in [-0.3, -0.25) is 0 Å². The molecule has 1 aliphatic heterocycles. The van der Waals surface area contributed by atoms with E-state index in [0.717, 1.165) is 23.5 Å². The van der Waals surface area contributed by atoms with E-state index in [4.69, 9.17) is 0 Å². The Balaban J connectivity index is 0.912. The zero-order valence-corrected chi connectivity index (χ0v) is 45.0. The molecule has 0 saturated heterocycles. The van der Waals surface area contributed by atoms with Crippen LogP contribution in [-0.4, -0.2) is 9.13 Å². The largest absolute Gasteiger partial charge is 0.310 e. The second-order valence-corrected chi connectivity index (χ2v) is 22.3. The van der Waals surface area contributed by atoms with Gasteiger partial charge >= 0.3 is 0 Å². The third kappa shape index (κ3) is 6.90. The highest BCUT2D eigenvalue weighted by atomic mass is 15.2. The van der Waals surface area contributed by atoms with Gasteiger partial charge in [-0.1, -0.05) is 218 Å². The molecule has 0 bridgehead atoms. The Morgan fingerprint density at radius 1 is 0.305 bits per heavy atom. The maximum absolute atomic E-state index is 2.64. The molecule has 3 heterocycles. The van der Waals surface area contributed by atoms with Crippen molar-refractivity contribution in [2.24, 2.45) is 0 Å². The first-order chi connectivity index (χ1) is 40.7. The quantitative estimate of drug-likeness (QED) is 0.155. The predicted molar refractivity (Wildman–Crippen MR) is 341 cm³/mol. The van der Waals surface area contributed by atoms with Gasteiger partial charge < -0.3 is 14.0 Å². The van der Waals surface area contributed by atoms with Crippen LogP contribution >= 0.6 is 0 Å². The van der Waals surface area contributed by atoms with Crippen molar-refractivity contribution in [1.29, 1.82) is 0 Å². The lowest BCUT2D eigenvalue weighted by molar-refractivity contribution is 0.683. The van der Waals surface area contributed by atoms with Crippen LogP contribution in [0.15, 0.2) is 303 Å². The molecule has 384 valence electrons. The molecule has 0 N–H and O–H groups in total. The highest BCUT2D eigenvalue weighted by Crippen LogP contribution is 2.67. The van der Waals surface area contributed by atoms with Gasteiger partial charge in [0.15, 0.2) is 0 Å². The molecular formula is C79H53N3. The zero-order valence-electron chi connectivity index (χ0n) is 45.0. The minimum atomic E-state index is -0.658. The van der Waals surface area contributed by atoms with E-state index in [0.29, 0.717) is 0 Å². The number of hydrogen-bond donors (Lipinski definition) is 0. The fourth-order valence-electron chi connectivity index (χ4n) is 14.6. The summed E-state index contributed by atoms with van der Waals surface area (Å²) >= 11 is 0. The average molecular weight is 1040 g/mol. The van der Waals surface area contributed by atoms with Crippen LogP contribution in [0.5, 0.6) is 0 Å². The molecule has 1 spiro atoms. The van der Waals surface area contributed by atoms with Crippen LogP contribution < -0.4 is 4.90 Å². The van der Waals surface area contributed by atoms with Gasteiger partial charge in [-0.05, 0) is 169 Å². The number of aromatic nitrogens is 2. The highest BCUT2D eigenvalue weighted by Gasteiger charge is 2.56. The minimum absolute atomic E-state index is 0.0901. The first-order valence-corrected chi connectivity index (χ1v) is 28.7. The Morgan fingerprint density at radius 3 is 1.41 bits per heavy atom. The molecular weight excluding hydrogens is 991 g/mol. The summed E-state index contributed by atoms with van der Waals surface area (Å²) in [6.45, 7) is 0. The first kappa shape index (κ1) is 46.4. The van der Waals surface area contributed by atoms with Crippen LogP contribution in [0.1, 0.15) is 39.4 Å². The van der Waals surface area contributed by atoms with Gasteiger partial charge in [0.2, 0.25) is 0 Å². The summed E-state index contributed by atoms with van der Waals surface area (Å²) in [5.74, 6) is 0.0901. The van der Waals surface area contributed by atoms with Crippen LogP contribution in [0.25, 0.3) is 94.7 Å². The molecule has 0 saturated carbocycles. The lowest BCUT2D eigenvalue weighted by Crippen LogP contribution is -2.37. The molecule has 1 atom stereocenters. The normalized spacial score (nSPS) is 14.6. The van der Waals surface area contributed by atoms with Crippen LogP contribution in [0, 0.1) is 0 Å². The van der Waals surface area contributed by atoms with Crippen LogP contribution in [0.2, 0.25) is 0 Å². The van der Waals surface area contributed by atoms with Gasteiger partial charge in [0.1, 0.15) is 0 Å². The topological polar surface area (TPSA) is 13.1 Å². The third-order valence-corrected chi connectivity index (χ3v) is 18.1. The summed E-state index contributed by atoms with van der Waals surface area (Å²) in [4.78, 5) is 2.50. The monoisotopic (exact) mass is 1040 g/mol. The van der Waals surface area contributed by atoms with E-state index in [1.54, 1.807) is 0 Å². The van der Waals surface area contributed by atoms with Crippen LogP contribution in [0.4, 0.5) is 17.1 Å². The maximum Gasteiger partial charge on any atom is 0.0715 e. The maximum atomic E-state index is 2.64.